The number of hydrogen-bond donors (Lipinski definition) is 1. The van der Waals surface area contributed by atoms with E-state index in [1.807, 2.05) is 13.8 Å². The molecule has 1 unspecified atom stereocenters. The molecule has 2 aliphatic heterocycles. The van der Waals surface area contributed by atoms with Crippen molar-refractivity contribution in [2.45, 2.75) is 46.1 Å². The standard InChI is InChI=1S/C15H24N2O4/c1-10(2)17-9-11(8-12(17)18)13(19)16-6-4-15(3,5-7-16)14(20)21/h10-11H,4-9H2,1-3H3,(H,20,21). The summed E-state index contributed by atoms with van der Waals surface area (Å²) in [6, 6.07) is 0.118. The summed E-state index contributed by atoms with van der Waals surface area (Å²) in [5, 5.41) is 9.21. The Morgan fingerprint density at radius 1 is 1.29 bits per heavy atom. The average Bonchev–Trinajstić information content (AvgIpc) is 2.81. The molecule has 1 N–H and O–H groups in total. The summed E-state index contributed by atoms with van der Waals surface area (Å²) < 4.78 is 0. The maximum Gasteiger partial charge on any atom is 0.309 e. The number of piperidine rings is 1. The Bertz CT molecular complexity index is 453. The molecule has 2 aliphatic rings. The number of carboxylic acids is 1. The van der Waals surface area contributed by atoms with E-state index < -0.39 is 11.4 Å². The Morgan fingerprint density at radius 3 is 2.29 bits per heavy atom. The van der Waals surface area contributed by atoms with Gasteiger partial charge in [-0.1, -0.05) is 0 Å². The lowest BCUT2D eigenvalue weighted by atomic mass is 9.80. The lowest BCUT2D eigenvalue weighted by Gasteiger charge is -2.37. The summed E-state index contributed by atoms with van der Waals surface area (Å²) in [7, 11) is 0. The van der Waals surface area contributed by atoms with Gasteiger partial charge in [-0.3, -0.25) is 14.4 Å². The SMILES string of the molecule is CC(C)N1CC(C(=O)N2CCC(C)(C(=O)O)CC2)CC1=O. The number of aliphatic carboxylic acids is 1. The first-order chi connectivity index (χ1) is 9.74. The van der Waals surface area contributed by atoms with Crippen LogP contribution in [0.4, 0.5) is 0 Å². The molecule has 0 bridgehead atoms. The van der Waals surface area contributed by atoms with Crippen molar-refractivity contribution in [1.82, 2.24) is 9.80 Å². The second kappa shape index (κ2) is 5.66. The van der Waals surface area contributed by atoms with Crippen LogP contribution in [0.25, 0.3) is 0 Å². The van der Waals surface area contributed by atoms with Gasteiger partial charge in [0.2, 0.25) is 11.8 Å². The molecule has 6 heteroatoms. The number of carbonyl (C=O) groups excluding carboxylic acids is 2. The molecular weight excluding hydrogens is 272 g/mol. The largest absolute Gasteiger partial charge is 0.481 e. The highest BCUT2D eigenvalue weighted by atomic mass is 16.4. The zero-order chi connectivity index (χ0) is 15.8. The monoisotopic (exact) mass is 296 g/mol. The van der Waals surface area contributed by atoms with Crippen LogP contribution in [0.3, 0.4) is 0 Å². The van der Waals surface area contributed by atoms with Crippen molar-refractivity contribution in [1.29, 1.82) is 0 Å². The Morgan fingerprint density at radius 2 is 1.86 bits per heavy atom. The summed E-state index contributed by atoms with van der Waals surface area (Å²) in [6.07, 6.45) is 1.23. The van der Waals surface area contributed by atoms with Crippen LogP contribution >= 0.6 is 0 Å². The third-order valence-electron chi connectivity index (χ3n) is 4.83. The molecule has 0 radical (unpaired) electrons. The smallest absolute Gasteiger partial charge is 0.309 e. The number of rotatable bonds is 3. The van der Waals surface area contributed by atoms with E-state index >= 15 is 0 Å². The van der Waals surface area contributed by atoms with E-state index in [4.69, 9.17) is 0 Å². The van der Waals surface area contributed by atoms with Gasteiger partial charge < -0.3 is 14.9 Å². The summed E-state index contributed by atoms with van der Waals surface area (Å²) in [6.45, 7) is 7.05. The molecule has 0 saturated carbocycles. The van der Waals surface area contributed by atoms with E-state index in [1.165, 1.54) is 0 Å². The molecule has 1 atom stereocenters. The topological polar surface area (TPSA) is 77.9 Å². The van der Waals surface area contributed by atoms with Gasteiger partial charge in [0, 0.05) is 32.1 Å². The molecule has 0 aromatic rings. The summed E-state index contributed by atoms with van der Waals surface area (Å²) >= 11 is 0. The van der Waals surface area contributed by atoms with Gasteiger partial charge in [0.15, 0.2) is 0 Å². The third-order valence-corrected chi connectivity index (χ3v) is 4.83. The van der Waals surface area contributed by atoms with Crippen LogP contribution in [0.1, 0.15) is 40.0 Å². The van der Waals surface area contributed by atoms with Gasteiger partial charge in [-0.05, 0) is 33.6 Å². The highest BCUT2D eigenvalue weighted by molar-refractivity contribution is 5.89. The predicted molar refractivity (Wildman–Crippen MR) is 76.5 cm³/mol. The van der Waals surface area contributed by atoms with Crippen molar-refractivity contribution in [3.8, 4) is 0 Å². The number of likely N-dealkylation sites (tertiary alicyclic amines) is 2. The van der Waals surface area contributed by atoms with Gasteiger partial charge in [0.05, 0.1) is 11.3 Å². The van der Waals surface area contributed by atoms with Crippen molar-refractivity contribution in [3.05, 3.63) is 0 Å². The highest BCUT2D eigenvalue weighted by Gasteiger charge is 2.42. The first kappa shape index (κ1) is 15.8. The van der Waals surface area contributed by atoms with Gasteiger partial charge in [-0.2, -0.15) is 0 Å². The quantitative estimate of drug-likeness (QED) is 0.841. The van der Waals surface area contributed by atoms with Crippen molar-refractivity contribution in [3.63, 3.8) is 0 Å². The molecule has 21 heavy (non-hydrogen) atoms. The van der Waals surface area contributed by atoms with Crippen LogP contribution in [0.2, 0.25) is 0 Å². The van der Waals surface area contributed by atoms with Gasteiger partial charge in [-0.25, -0.2) is 0 Å². The number of nitrogens with zero attached hydrogens (tertiary/aromatic N) is 2. The van der Waals surface area contributed by atoms with Crippen LogP contribution in [-0.2, 0) is 14.4 Å². The molecule has 2 saturated heterocycles. The molecule has 2 rings (SSSR count). The second-order valence-corrected chi connectivity index (χ2v) is 6.73. The van der Waals surface area contributed by atoms with E-state index in [2.05, 4.69) is 0 Å². The first-order valence-corrected chi connectivity index (χ1v) is 7.56. The fourth-order valence-corrected chi connectivity index (χ4v) is 3.09. The second-order valence-electron chi connectivity index (χ2n) is 6.73. The third kappa shape index (κ3) is 3.04. The molecule has 118 valence electrons. The minimum absolute atomic E-state index is 0.000983. The van der Waals surface area contributed by atoms with Crippen LogP contribution in [0.15, 0.2) is 0 Å². The lowest BCUT2D eigenvalue weighted by molar-refractivity contribution is -0.153. The van der Waals surface area contributed by atoms with Crippen LogP contribution in [-0.4, -0.2) is 58.4 Å². The van der Waals surface area contributed by atoms with Crippen LogP contribution in [0.5, 0.6) is 0 Å². The van der Waals surface area contributed by atoms with Gasteiger partial charge in [0.25, 0.3) is 0 Å². The van der Waals surface area contributed by atoms with E-state index in [0.29, 0.717) is 32.5 Å². The Labute approximate surface area is 125 Å². The number of carboxylic acid groups (broad SMARTS) is 1. The Kier molecular flexibility index (Phi) is 4.25. The van der Waals surface area contributed by atoms with Gasteiger partial charge in [-0.15, -0.1) is 0 Å². The highest BCUT2D eigenvalue weighted by Crippen LogP contribution is 2.32. The Hall–Kier alpha value is -1.59. The minimum Gasteiger partial charge on any atom is -0.481 e. The van der Waals surface area contributed by atoms with Gasteiger partial charge >= 0.3 is 5.97 Å². The maximum absolute atomic E-state index is 12.5. The molecule has 2 heterocycles. The number of carbonyl (C=O) groups is 3. The summed E-state index contributed by atoms with van der Waals surface area (Å²) in [4.78, 5) is 39.1. The fourth-order valence-electron chi connectivity index (χ4n) is 3.09. The predicted octanol–water partition coefficient (Wildman–Crippen LogP) is 0.957. The minimum atomic E-state index is -0.795. The van der Waals surface area contributed by atoms with Crippen LogP contribution in [0, 0.1) is 11.3 Å². The average molecular weight is 296 g/mol. The van der Waals surface area contributed by atoms with Gasteiger partial charge in [0.1, 0.15) is 0 Å². The maximum atomic E-state index is 12.5. The molecule has 0 aliphatic carbocycles. The zero-order valence-electron chi connectivity index (χ0n) is 13.0. The van der Waals surface area contributed by atoms with Crippen molar-refractivity contribution in [2.75, 3.05) is 19.6 Å². The van der Waals surface area contributed by atoms with Crippen LogP contribution < -0.4 is 0 Å². The van der Waals surface area contributed by atoms with Crippen molar-refractivity contribution in [2.24, 2.45) is 11.3 Å². The van der Waals surface area contributed by atoms with Crippen molar-refractivity contribution >= 4 is 17.8 Å². The molecule has 2 fully saturated rings. The Balaban J connectivity index is 1.94. The molecule has 0 aromatic heterocycles. The van der Waals surface area contributed by atoms with E-state index in [9.17, 15) is 19.5 Å². The molecule has 2 amide bonds. The van der Waals surface area contributed by atoms with E-state index in [-0.39, 0.29) is 30.2 Å². The molecular formula is C15H24N2O4. The first-order valence-electron chi connectivity index (χ1n) is 7.56. The number of hydrogen-bond acceptors (Lipinski definition) is 3. The van der Waals surface area contributed by atoms with Crippen molar-refractivity contribution < 1.29 is 19.5 Å². The molecule has 0 spiro atoms. The lowest BCUT2D eigenvalue weighted by Crippen LogP contribution is -2.47. The molecule has 0 aromatic carbocycles. The molecule has 6 nitrogen and oxygen atoms in total. The van der Waals surface area contributed by atoms with E-state index in [0.717, 1.165) is 0 Å². The summed E-state index contributed by atoms with van der Waals surface area (Å²) in [5.41, 5.74) is -0.730. The normalized spacial score (nSPS) is 25.5. The van der Waals surface area contributed by atoms with E-state index in [1.54, 1.807) is 16.7 Å². The number of amides is 2. The fraction of sp³-hybridized carbons (Fsp3) is 0.800. The summed E-state index contributed by atoms with van der Waals surface area (Å²) in [5.74, 6) is -1.03. The zero-order valence-corrected chi connectivity index (χ0v) is 13.0.